The van der Waals surface area contributed by atoms with Gasteiger partial charge >= 0.3 is 0 Å². The zero-order valence-electron chi connectivity index (χ0n) is 21.3. The summed E-state index contributed by atoms with van der Waals surface area (Å²) in [7, 11) is -3.99. The molecular formula is C29H31N3O3S2. The van der Waals surface area contributed by atoms with E-state index in [9.17, 15) is 13.2 Å². The number of benzene rings is 2. The summed E-state index contributed by atoms with van der Waals surface area (Å²) >= 11 is 1.72. The average Bonchev–Trinajstić information content (AvgIpc) is 3.39. The molecule has 3 heterocycles. The van der Waals surface area contributed by atoms with Crippen LogP contribution in [0.5, 0.6) is 0 Å². The van der Waals surface area contributed by atoms with Crippen LogP contribution in [0.4, 0.5) is 0 Å². The van der Waals surface area contributed by atoms with Gasteiger partial charge in [-0.1, -0.05) is 49.4 Å². The van der Waals surface area contributed by atoms with E-state index < -0.39 is 10.0 Å². The van der Waals surface area contributed by atoms with Gasteiger partial charge < -0.3 is 4.90 Å². The van der Waals surface area contributed by atoms with Crippen molar-refractivity contribution in [3.05, 3.63) is 93.8 Å². The third-order valence-electron chi connectivity index (χ3n) is 7.33. The minimum atomic E-state index is -3.99. The molecule has 2 unspecified atom stereocenters. The summed E-state index contributed by atoms with van der Waals surface area (Å²) in [5.41, 5.74) is 3.74. The third-order valence-corrected chi connectivity index (χ3v) is 10.3. The number of thiophene rings is 1. The Morgan fingerprint density at radius 1 is 1.11 bits per heavy atom. The Kier molecular flexibility index (Phi) is 7.16. The summed E-state index contributed by atoms with van der Waals surface area (Å²) in [6.07, 6.45) is 2.95. The predicted octanol–water partition coefficient (Wildman–Crippen LogP) is 5.57. The van der Waals surface area contributed by atoms with E-state index in [0.29, 0.717) is 18.5 Å². The maximum atomic E-state index is 14.0. The van der Waals surface area contributed by atoms with Crippen LogP contribution >= 0.6 is 11.3 Å². The zero-order chi connectivity index (χ0) is 26.2. The van der Waals surface area contributed by atoms with E-state index >= 15 is 0 Å². The Hall–Kier alpha value is -3.07. The van der Waals surface area contributed by atoms with Crippen LogP contribution in [0.25, 0.3) is 10.9 Å². The lowest BCUT2D eigenvalue weighted by Crippen LogP contribution is -2.49. The summed E-state index contributed by atoms with van der Waals surface area (Å²) < 4.78 is 29.4. The molecule has 8 heteroatoms. The van der Waals surface area contributed by atoms with Crippen molar-refractivity contribution in [2.24, 2.45) is 0 Å². The molecule has 5 rings (SSSR count). The third kappa shape index (κ3) is 4.69. The van der Waals surface area contributed by atoms with Crippen molar-refractivity contribution in [3.63, 3.8) is 0 Å². The second kappa shape index (κ2) is 10.4. The number of carbonyl (C=O) groups excluding carboxylic acids is 1. The number of aromatic nitrogens is 1. The topological polar surface area (TPSA) is 70.6 Å². The number of sulfonamides is 1. The van der Waals surface area contributed by atoms with Gasteiger partial charge in [0.1, 0.15) is 4.90 Å². The number of hydrogen-bond donors (Lipinski definition) is 0. The fourth-order valence-electron chi connectivity index (χ4n) is 5.13. The molecule has 0 radical (unpaired) electrons. The van der Waals surface area contributed by atoms with Gasteiger partial charge in [-0.2, -0.15) is 4.31 Å². The minimum Gasteiger partial charge on any atom is -0.330 e. The van der Waals surface area contributed by atoms with E-state index in [0.717, 1.165) is 28.5 Å². The van der Waals surface area contributed by atoms with Crippen molar-refractivity contribution < 1.29 is 13.2 Å². The highest BCUT2D eigenvalue weighted by molar-refractivity contribution is 7.89. The van der Waals surface area contributed by atoms with Crippen molar-refractivity contribution >= 4 is 38.2 Å². The van der Waals surface area contributed by atoms with E-state index in [1.165, 1.54) is 9.18 Å². The summed E-state index contributed by atoms with van der Waals surface area (Å²) in [5.74, 6) is -0.192. The van der Waals surface area contributed by atoms with E-state index in [-0.39, 0.29) is 29.4 Å². The number of fused-ring (bicyclic) bond motifs is 2. The Morgan fingerprint density at radius 2 is 1.89 bits per heavy atom. The molecule has 0 saturated carbocycles. The molecule has 2 atom stereocenters. The van der Waals surface area contributed by atoms with Crippen LogP contribution in [-0.2, 0) is 21.2 Å². The minimum absolute atomic E-state index is 0.132. The molecule has 1 amide bonds. The van der Waals surface area contributed by atoms with E-state index in [4.69, 9.17) is 0 Å². The number of rotatable bonds is 7. The molecule has 0 spiro atoms. The standard InChI is InChI=1S/C29H31N3O3S2/c1-4-21(3)32(37(34,35)26-13-7-10-22-11-8-16-30-28(22)26)19-27(33)31-17-14-25-24(15-18-36-25)29(31)23-12-6-5-9-20(23)2/h5-13,15-16,18,21,29H,4,14,17,19H2,1-3H3. The van der Waals surface area contributed by atoms with E-state index in [1.807, 2.05) is 43.0 Å². The van der Waals surface area contributed by atoms with Gasteiger partial charge in [-0.15, -0.1) is 11.3 Å². The number of para-hydroxylation sites is 1. The lowest BCUT2D eigenvalue weighted by atomic mass is 9.90. The Morgan fingerprint density at radius 3 is 2.68 bits per heavy atom. The first-order valence-corrected chi connectivity index (χ1v) is 14.9. The molecule has 1 aliphatic heterocycles. The van der Waals surface area contributed by atoms with Gasteiger partial charge in [0.25, 0.3) is 0 Å². The van der Waals surface area contributed by atoms with Crippen molar-refractivity contribution in [2.45, 2.75) is 50.6 Å². The van der Waals surface area contributed by atoms with Crippen LogP contribution in [0.3, 0.4) is 0 Å². The van der Waals surface area contributed by atoms with Gasteiger partial charge in [-0.25, -0.2) is 8.42 Å². The number of aryl methyl sites for hydroxylation is 1. The van der Waals surface area contributed by atoms with Crippen molar-refractivity contribution in [3.8, 4) is 0 Å². The number of pyridine rings is 1. The molecule has 37 heavy (non-hydrogen) atoms. The normalized spacial score (nSPS) is 16.6. The van der Waals surface area contributed by atoms with Crippen LogP contribution < -0.4 is 0 Å². The van der Waals surface area contributed by atoms with Crippen molar-refractivity contribution in [1.29, 1.82) is 0 Å². The summed E-state index contributed by atoms with van der Waals surface area (Å²) in [5, 5.41) is 2.83. The first kappa shape index (κ1) is 25.6. The zero-order valence-corrected chi connectivity index (χ0v) is 22.9. The van der Waals surface area contributed by atoms with Crippen LogP contribution in [0, 0.1) is 6.92 Å². The van der Waals surface area contributed by atoms with Gasteiger partial charge in [-0.3, -0.25) is 9.78 Å². The molecule has 192 valence electrons. The first-order valence-electron chi connectivity index (χ1n) is 12.6. The molecule has 0 aliphatic carbocycles. The molecular weight excluding hydrogens is 502 g/mol. The first-order chi connectivity index (χ1) is 17.8. The quantitative estimate of drug-likeness (QED) is 0.312. The van der Waals surface area contributed by atoms with E-state index in [2.05, 4.69) is 35.5 Å². The van der Waals surface area contributed by atoms with Gasteiger partial charge in [-0.05, 0) is 67.0 Å². The van der Waals surface area contributed by atoms with Crippen LogP contribution in [-0.4, -0.2) is 47.6 Å². The maximum absolute atomic E-state index is 14.0. The van der Waals surface area contributed by atoms with Crippen LogP contribution in [0.2, 0.25) is 0 Å². The second-order valence-corrected chi connectivity index (χ2v) is 12.4. The number of amides is 1. The lowest BCUT2D eigenvalue weighted by molar-refractivity contribution is -0.133. The SMILES string of the molecule is CCC(C)N(CC(=O)N1CCc2sccc2C1c1ccccc1C)S(=O)(=O)c1cccc2cccnc12. The predicted molar refractivity (Wildman–Crippen MR) is 148 cm³/mol. The molecule has 2 aromatic heterocycles. The molecule has 6 nitrogen and oxygen atoms in total. The van der Waals surface area contributed by atoms with E-state index in [1.54, 1.807) is 35.7 Å². The highest BCUT2D eigenvalue weighted by Crippen LogP contribution is 2.39. The van der Waals surface area contributed by atoms with Crippen LogP contribution in [0.15, 0.2) is 77.1 Å². The molecule has 1 aliphatic rings. The number of hydrogen-bond acceptors (Lipinski definition) is 5. The van der Waals surface area contributed by atoms with Gasteiger partial charge in [0.05, 0.1) is 18.1 Å². The summed E-state index contributed by atoms with van der Waals surface area (Å²) in [6, 6.07) is 18.4. The number of carbonyl (C=O) groups is 1. The summed E-state index contributed by atoms with van der Waals surface area (Å²) in [6.45, 7) is 6.18. The molecule has 0 N–H and O–H groups in total. The molecule has 2 aromatic carbocycles. The van der Waals surface area contributed by atoms with Crippen molar-refractivity contribution in [2.75, 3.05) is 13.1 Å². The molecule has 0 saturated heterocycles. The van der Waals surface area contributed by atoms with Crippen LogP contribution in [0.1, 0.15) is 47.9 Å². The van der Waals surface area contributed by atoms with Gasteiger partial charge in [0.2, 0.25) is 15.9 Å². The van der Waals surface area contributed by atoms with Crippen molar-refractivity contribution in [1.82, 2.24) is 14.2 Å². The Labute approximate surface area is 222 Å². The number of nitrogens with zero attached hydrogens (tertiary/aromatic N) is 3. The second-order valence-electron chi connectivity index (χ2n) is 9.53. The average molecular weight is 534 g/mol. The van der Waals surface area contributed by atoms with Gasteiger partial charge in [0.15, 0.2) is 0 Å². The fourth-order valence-corrected chi connectivity index (χ4v) is 7.86. The summed E-state index contributed by atoms with van der Waals surface area (Å²) in [4.78, 5) is 21.6. The van der Waals surface area contributed by atoms with Gasteiger partial charge in [0, 0.05) is 29.0 Å². The smallest absolute Gasteiger partial charge is 0.245 e. The maximum Gasteiger partial charge on any atom is 0.245 e. The Bertz CT molecular complexity index is 1540. The highest BCUT2D eigenvalue weighted by atomic mass is 32.2. The fraction of sp³-hybridized carbons (Fsp3) is 0.310. The molecule has 4 aromatic rings. The highest BCUT2D eigenvalue weighted by Gasteiger charge is 2.38. The molecule has 0 fully saturated rings. The largest absolute Gasteiger partial charge is 0.330 e. The molecule has 0 bridgehead atoms. The lowest BCUT2D eigenvalue weighted by Gasteiger charge is -2.38. The Balaban J connectivity index is 1.53. The monoisotopic (exact) mass is 533 g/mol.